The molecular weight excluding hydrogens is 390 g/mol. The minimum Gasteiger partial charge on any atom is -0.497 e. The molecule has 1 aliphatic heterocycles. The van der Waals surface area contributed by atoms with Crippen LogP contribution in [0.1, 0.15) is 30.0 Å². The van der Waals surface area contributed by atoms with Crippen LogP contribution in [-0.4, -0.2) is 56.4 Å². The summed E-state index contributed by atoms with van der Waals surface area (Å²) >= 11 is 0. The average molecular weight is 415 g/mol. The first kappa shape index (κ1) is 21.3. The van der Waals surface area contributed by atoms with Crippen LogP contribution < -0.4 is 18.9 Å². The van der Waals surface area contributed by atoms with Crippen molar-refractivity contribution in [3.8, 4) is 23.0 Å². The molecule has 2 aromatic carbocycles. The van der Waals surface area contributed by atoms with Crippen LogP contribution in [0.15, 0.2) is 36.4 Å². The number of rotatable bonds is 8. The lowest BCUT2D eigenvalue weighted by molar-refractivity contribution is -0.147. The summed E-state index contributed by atoms with van der Waals surface area (Å²) in [6.07, 6.45) is 0.430. The van der Waals surface area contributed by atoms with Gasteiger partial charge in [-0.25, -0.2) is 4.79 Å². The van der Waals surface area contributed by atoms with Gasteiger partial charge < -0.3 is 29.0 Å². The number of benzene rings is 2. The largest absolute Gasteiger partial charge is 0.497 e. The number of ether oxygens (including phenoxy) is 4. The van der Waals surface area contributed by atoms with E-state index in [0.717, 1.165) is 5.56 Å². The van der Waals surface area contributed by atoms with Crippen LogP contribution in [0.25, 0.3) is 0 Å². The van der Waals surface area contributed by atoms with Crippen molar-refractivity contribution in [2.75, 3.05) is 28.4 Å². The van der Waals surface area contributed by atoms with Gasteiger partial charge in [-0.3, -0.25) is 4.79 Å². The van der Waals surface area contributed by atoms with Crippen LogP contribution in [0.5, 0.6) is 23.0 Å². The van der Waals surface area contributed by atoms with E-state index in [-0.39, 0.29) is 18.7 Å². The van der Waals surface area contributed by atoms with Crippen molar-refractivity contribution < 1.29 is 33.6 Å². The van der Waals surface area contributed by atoms with Crippen molar-refractivity contribution in [1.82, 2.24) is 4.90 Å². The normalized spacial score (nSPS) is 16.9. The predicted molar refractivity (Wildman–Crippen MR) is 108 cm³/mol. The number of carbonyl (C=O) groups excluding carboxylic acids is 1. The van der Waals surface area contributed by atoms with Gasteiger partial charge in [-0.05, 0) is 41.8 Å². The minimum atomic E-state index is -1.04. The fourth-order valence-corrected chi connectivity index (χ4v) is 3.83. The topological polar surface area (TPSA) is 94.5 Å². The predicted octanol–water partition coefficient (Wildman–Crippen LogP) is 2.89. The maximum absolute atomic E-state index is 12.8. The molecular formula is C22H25NO7. The molecule has 30 heavy (non-hydrogen) atoms. The van der Waals surface area contributed by atoms with E-state index in [1.165, 1.54) is 26.2 Å². The standard InChI is InChI=1S/C22H25NO7/c1-27-15-7-5-13(6-8-15)20(23-16(22(25)26)9-10-19(23)24)14-11-17(28-2)21(30-4)18(12-14)29-3/h5-8,11-12,16,20H,9-10H2,1-4H3,(H,25,26)/t16-,20+/m0/s1. The van der Waals surface area contributed by atoms with E-state index < -0.39 is 18.1 Å². The number of carboxylic acid groups (broad SMARTS) is 1. The fourth-order valence-electron chi connectivity index (χ4n) is 3.83. The van der Waals surface area contributed by atoms with Crippen LogP contribution in [0.2, 0.25) is 0 Å². The maximum atomic E-state index is 12.8. The van der Waals surface area contributed by atoms with E-state index in [2.05, 4.69) is 0 Å². The Balaban J connectivity index is 2.21. The summed E-state index contributed by atoms with van der Waals surface area (Å²) in [5.74, 6) is 0.654. The van der Waals surface area contributed by atoms with Crippen molar-refractivity contribution in [2.24, 2.45) is 0 Å². The van der Waals surface area contributed by atoms with Gasteiger partial charge in [0.05, 0.1) is 34.5 Å². The van der Waals surface area contributed by atoms with Crippen LogP contribution >= 0.6 is 0 Å². The first-order valence-electron chi connectivity index (χ1n) is 9.43. The molecule has 1 N–H and O–H groups in total. The molecule has 1 heterocycles. The Morgan fingerprint density at radius 1 is 0.967 bits per heavy atom. The van der Waals surface area contributed by atoms with Crippen LogP contribution in [0, 0.1) is 0 Å². The summed E-state index contributed by atoms with van der Waals surface area (Å²) in [5, 5.41) is 9.73. The van der Waals surface area contributed by atoms with E-state index in [1.54, 1.807) is 31.4 Å². The highest BCUT2D eigenvalue weighted by Crippen LogP contribution is 2.44. The molecule has 0 unspecified atom stereocenters. The van der Waals surface area contributed by atoms with Crippen molar-refractivity contribution in [1.29, 1.82) is 0 Å². The summed E-state index contributed by atoms with van der Waals surface area (Å²) in [5.41, 5.74) is 1.39. The molecule has 0 bridgehead atoms. The Labute approximate surface area is 174 Å². The number of carboxylic acids is 1. The SMILES string of the molecule is COc1ccc([C@H](c2cc(OC)c(OC)c(OC)c2)N2C(=O)CC[C@H]2C(=O)O)cc1. The van der Waals surface area contributed by atoms with E-state index in [1.807, 2.05) is 12.1 Å². The monoisotopic (exact) mass is 415 g/mol. The molecule has 0 saturated carbocycles. The summed E-state index contributed by atoms with van der Waals surface area (Å²) in [4.78, 5) is 26.1. The van der Waals surface area contributed by atoms with Crippen LogP contribution in [-0.2, 0) is 9.59 Å². The van der Waals surface area contributed by atoms with Gasteiger partial charge >= 0.3 is 5.97 Å². The first-order valence-corrected chi connectivity index (χ1v) is 9.43. The van der Waals surface area contributed by atoms with Gasteiger partial charge in [0.2, 0.25) is 11.7 Å². The molecule has 1 saturated heterocycles. The summed E-state index contributed by atoms with van der Waals surface area (Å²) < 4.78 is 21.5. The second-order valence-corrected chi connectivity index (χ2v) is 6.83. The second-order valence-electron chi connectivity index (χ2n) is 6.83. The van der Waals surface area contributed by atoms with Gasteiger partial charge in [-0.15, -0.1) is 0 Å². The summed E-state index contributed by atoms with van der Waals surface area (Å²) in [6.45, 7) is 0. The van der Waals surface area contributed by atoms with Gasteiger partial charge in [0, 0.05) is 6.42 Å². The zero-order valence-electron chi connectivity index (χ0n) is 17.4. The lowest BCUT2D eigenvalue weighted by Gasteiger charge is -2.33. The van der Waals surface area contributed by atoms with Gasteiger partial charge in [-0.1, -0.05) is 12.1 Å². The second kappa shape index (κ2) is 8.94. The number of hydrogen-bond donors (Lipinski definition) is 1. The minimum absolute atomic E-state index is 0.175. The highest BCUT2D eigenvalue weighted by molar-refractivity contribution is 5.88. The third-order valence-corrected chi connectivity index (χ3v) is 5.25. The van der Waals surface area contributed by atoms with Crippen LogP contribution in [0.4, 0.5) is 0 Å². The van der Waals surface area contributed by atoms with Crippen molar-refractivity contribution in [3.05, 3.63) is 47.5 Å². The number of nitrogens with zero attached hydrogens (tertiary/aromatic N) is 1. The Hall–Kier alpha value is -3.42. The number of aliphatic carboxylic acids is 1. The van der Waals surface area contributed by atoms with Gasteiger partial charge in [0.1, 0.15) is 11.8 Å². The van der Waals surface area contributed by atoms with E-state index in [4.69, 9.17) is 18.9 Å². The fraction of sp³-hybridized carbons (Fsp3) is 0.364. The quantitative estimate of drug-likeness (QED) is 0.708. The molecule has 2 aromatic rings. The molecule has 1 amide bonds. The molecule has 160 valence electrons. The number of methoxy groups -OCH3 is 4. The Bertz CT molecular complexity index is 901. The molecule has 0 aliphatic carbocycles. The van der Waals surface area contributed by atoms with E-state index in [9.17, 15) is 14.7 Å². The Morgan fingerprint density at radius 2 is 1.57 bits per heavy atom. The first-order chi connectivity index (χ1) is 14.4. The van der Waals surface area contributed by atoms with Gasteiger partial charge in [0.25, 0.3) is 0 Å². The van der Waals surface area contributed by atoms with Gasteiger partial charge in [-0.2, -0.15) is 0 Å². The van der Waals surface area contributed by atoms with Gasteiger partial charge in [0.15, 0.2) is 11.5 Å². The summed E-state index contributed by atoms with van der Waals surface area (Å²) in [6, 6.07) is 9.08. The summed E-state index contributed by atoms with van der Waals surface area (Å²) in [7, 11) is 6.08. The smallest absolute Gasteiger partial charge is 0.326 e. The Morgan fingerprint density at radius 3 is 2.03 bits per heavy atom. The maximum Gasteiger partial charge on any atom is 0.326 e. The molecule has 8 heteroatoms. The molecule has 1 aliphatic rings. The molecule has 0 aromatic heterocycles. The lowest BCUT2D eigenvalue weighted by atomic mass is 9.95. The third-order valence-electron chi connectivity index (χ3n) is 5.25. The molecule has 0 radical (unpaired) electrons. The molecule has 0 spiro atoms. The number of amides is 1. The molecule has 3 rings (SSSR count). The van der Waals surface area contributed by atoms with E-state index in [0.29, 0.717) is 28.6 Å². The lowest BCUT2D eigenvalue weighted by Crippen LogP contribution is -2.41. The molecule has 1 fully saturated rings. The zero-order valence-corrected chi connectivity index (χ0v) is 17.4. The zero-order chi connectivity index (χ0) is 21.8. The van der Waals surface area contributed by atoms with Crippen LogP contribution in [0.3, 0.4) is 0 Å². The average Bonchev–Trinajstić information content (AvgIpc) is 3.15. The van der Waals surface area contributed by atoms with E-state index >= 15 is 0 Å². The third kappa shape index (κ3) is 3.85. The molecule has 2 atom stereocenters. The van der Waals surface area contributed by atoms with Crippen molar-refractivity contribution in [3.63, 3.8) is 0 Å². The number of hydrogen-bond acceptors (Lipinski definition) is 6. The highest BCUT2D eigenvalue weighted by Gasteiger charge is 2.42. The Kier molecular flexibility index (Phi) is 6.34. The van der Waals surface area contributed by atoms with Crippen molar-refractivity contribution in [2.45, 2.75) is 24.9 Å². The van der Waals surface area contributed by atoms with Crippen molar-refractivity contribution >= 4 is 11.9 Å². The number of likely N-dealkylation sites (tertiary alicyclic amines) is 1. The number of carbonyl (C=O) groups is 2. The molecule has 8 nitrogen and oxygen atoms in total. The highest BCUT2D eigenvalue weighted by atomic mass is 16.5.